The van der Waals surface area contributed by atoms with Crippen LogP contribution in [0.2, 0.25) is 0 Å². The third-order valence-corrected chi connectivity index (χ3v) is 7.09. The van der Waals surface area contributed by atoms with E-state index in [2.05, 4.69) is 35.2 Å². The summed E-state index contributed by atoms with van der Waals surface area (Å²) >= 11 is 1.74. The van der Waals surface area contributed by atoms with Crippen molar-refractivity contribution in [2.24, 2.45) is 0 Å². The zero-order valence-corrected chi connectivity index (χ0v) is 17.8. The minimum Gasteiger partial charge on any atom is -0.478 e. The summed E-state index contributed by atoms with van der Waals surface area (Å²) in [4.78, 5) is 21.0. The number of piperazine rings is 1. The Morgan fingerprint density at radius 2 is 1.74 bits per heavy atom. The molecule has 1 fully saturated rings. The minimum absolute atomic E-state index is 0.132. The van der Waals surface area contributed by atoms with Gasteiger partial charge in [-0.2, -0.15) is 0 Å². The smallest absolute Gasteiger partial charge is 0.339 e. The molecule has 1 aliphatic heterocycles. The molecule has 2 N–H and O–H groups in total. The van der Waals surface area contributed by atoms with Crippen molar-refractivity contribution in [3.8, 4) is 11.3 Å². The molecule has 3 heterocycles. The van der Waals surface area contributed by atoms with E-state index in [4.69, 9.17) is 4.98 Å². The largest absolute Gasteiger partial charge is 0.478 e. The van der Waals surface area contributed by atoms with Crippen LogP contribution in [-0.2, 0) is 0 Å². The number of nitrogens with zero attached hydrogens (tertiary/aromatic N) is 3. The number of thiophene rings is 1. The lowest BCUT2D eigenvalue weighted by Gasteiger charge is -2.35. The predicted octanol–water partition coefficient (Wildman–Crippen LogP) is 3.93. The van der Waals surface area contributed by atoms with Crippen LogP contribution in [0.1, 0.15) is 10.4 Å². The maximum absolute atomic E-state index is 11.9. The molecule has 0 unspecified atom stereocenters. The molecule has 158 valence electrons. The second-order valence-electron chi connectivity index (χ2n) is 7.71. The van der Waals surface area contributed by atoms with Gasteiger partial charge in [0.1, 0.15) is 11.4 Å². The fourth-order valence-corrected chi connectivity index (χ4v) is 5.50. The number of benzene rings is 2. The van der Waals surface area contributed by atoms with Gasteiger partial charge in [-0.1, -0.05) is 36.4 Å². The Bertz CT molecular complexity index is 1260. The average molecular weight is 434 g/mol. The highest BCUT2D eigenvalue weighted by Crippen LogP contribution is 2.39. The first kappa shape index (κ1) is 19.9. The molecule has 1 aliphatic rings. The molecular formula is C24H23N3O3S. The van der Waals surface area contributed by atoms with Crippen molar-refractivity contribution in [1.29, 1.82) is 0 Å². The number of aliphatic hydroxyl groups excluding tert-OH is 1. The van der Waals surface area contributed by atoms with Gasteiger partial charge in [-0.05, 0) is 18.2 Å². The van der Waals surface area contributed by atoms with E-state index in [-0.39, 0.29) is 12.2 Å². The van der Waals surface area contributed by atoms with Gasteiger partial charge in [-0.3, -0.25) is 4.90 Å². The highest BCUT2D eigenvalue weighted by molar-refractivity contribution is 7.26. The molecule has 6 nitrogen and oxygen atoms in total. The fourth-order valence-electron chi connectivity index (χ4n) is 4.28. The predicted molar refractivity (Wildman–Crippen MR) is 125 cm³/mol. The monoisotopic (exact) mass is 433 g/mol. The first-order valence-corrected chi connectivity index (χ1v) is 11.2. The van der Waals surface area contributed by atoms with Gasteiger partial charge in [0.25, 0.3) is 0 Å². The number of hydrogen-bond acceptors (Lipinski definition) is 6. The lowest BCUT2D eigenvalue weighted by atomic mass is 10.1. The van der Waals surface area contributed by atoms with Crippen LogP contribution in [-0.4, -0.2) is 65.4 Å². The minimum atomic E-state index is -0.966. The maximum Gasteiger partial charge on any atom is 0.339 e. The maximum atomic E-state index is 11.9. The summed E-state index contributed by atoms with van der Waals surface area (Å²) in [5, 5.41) is 21.4. The highest BCUT2D eigenvalue weighted by atomic mass is 32.1. The van der Waals surface area contributed by atoms with Gasteiger partial charge in [0.05, 0.1) is 12.3 Å². The fraction of sp³-hybridized carbons (Fsp3) is 0.250. The highest BCUT2D eigenvalue weighted by Gasteiger charge is 2.23. The molecule has 0 bridgehead atoms. The molecule has 0 amide bonds. The molecule has 2 aromatic heterocycles. The number of aromatic carboxylic acids is 1. The Labute approximate surface area is 184 Å². The summed E-state index contributed by atoms with van der Waals surface area (Å²) < 4.78 is 2.39. The van der Waals surface area contributed by atoms with Crippen molar-refractivity contribution in [1.82, 2.24) is 9.88 Å². The van der Waals surface area contributed by atoms with Gasteiger partial charge in [0.2, 0.25) is 0 Å². The van der Waals surface area contributed by atoms with E-state index in [1.165, 1.54) is 15.5 Å². The molecule has 4 aromatic rings. The van der Waals surface area contributed by atoms with Crippen LogP contribution < -0.4 is 4.90 Å². The zero-order chi connectivity index (χ0) is 21.4. The van der Waals surface area contributed by atoms with Crippen molar-refractivity contribution in [2.75, 3.05) is 44.2 Å². The summed E-state index contributed by atoms with van der Waals surface area (Å²) in [6.07, 6.45) is 0. The molecule has 7 heteroatoms. The summed E-state index contributed by atoms with van der Waals surface area (Å²) in [6.45, 7) is 3.69. The second kappa shape index (κ2) is 8.26. The second-order valence-corrected chi connectivity index (χ2v) is 8.76. The molecule has 0 spiro atoms. The number of aliphatic hydroxyl groups is 1. The summed E-state index contributed by atoms with van der Waals surface area (Å²) in [5.74, 6) is -0.446. The Balaban J connectivity index is 1.58. The first-order valence-electron chi connectivity index (χ1n) is 10.4. The van der Waals surface area contributed by atoms with Gasteiger partial charge < -0.3 is 15.1 Å². The Morgan fingerprint density at radius 3 is 2.52 bits per heavy atom. The van der Waals surface area contributed by atoms with E-state index in [9.17, 15) is 15.0 Å². The molecule has 2 aromatic carbocycles. The number of carbonyl (C=O) groups is 1. The standard InChI is InChI=1S/C24H23N3O3S/c28-15-14-26-10-12-27(13-11-26)23-19(24(29)30)8-9-20(25-23)18-6-3-5-17-16-4-1-2-7-21(16)31-22(17)18/h1-9,28H,10-15H2,(H,29,30). The molecular weight excluding hydrogens is 410 g/mol. The van der Waals surface area contributed by atoms with Crippen molar-refractivity contribution in [3.63, 3.8) is 0 Å². The number of rotatable bonds is 5. The van der Waals surface area contributed by atoms with Crippen LogP contribution in [0.25, 0.3) is 31.4 Å². The quantitative estimate of drug-likeness (QED) is 0.497. The lowest BCUT2D eigenvalue weighted by Crippen LogP contribution is -2.47. The molecule has 0 aliphatic carbocycles. The number of β-amino-alcohol motifs (C(OH)–C–C–N with tert-alkyl or cyclic N) is 1. The van der Waals surface area contributed by atoms with E-state index < -0.39 is 5.97 Å². The Morgan fingerprint density at radius 1 is 0.968 bits per heavy atom. The number of anilines is 1. The van der Waals surface area contributed by atoms with Gasteiger partial charge in [-0.25, -0.2) is 9.78 Å². The van der Waals surface area contributed by atoms with E-state index in [0.717, 1.165) is 29.0 Å². The van der Waals surface area contributed by atoms with Gasteiger partial charge in [0, 0.05) is 58.5 Å². The van der Waals surface area contributed by atoms with Gasteiger partial charge >= 0.3 is 5.97 Å². The van der Waals surface area contributed by atoms with Crippen molar-refractivity contribution < 1.29 is 15.0 Å². The van der Waals surface area contributed by atoms with Gasteiger partial charge in [0.15, 0.2) is 0 Å². The van der Waals surface area contributed by atoms with Crippen LogP contribution in [0, 0.1) is 0 Å². The number of carboxylic acid groups (broad SMARTS) is 1. The average Bonchev–Trinajstić information content (AvgIpc) is 3.18. The van der Waals surface area contributed by atoms with Crippen LogP contribution in [0.15, 0.2) is 54.6 Å². The molecule has 1 saturated heterocycles. The van der Waals surface area contributed by atoms with Crippen molar-refractivity contribution in [3.05, 3.63) is 60.2 Å². The Kier molecular flexibility index (Phi) is 5.31. The van der Waals surface area contributed by atoms with Crippen LogP contribution >= 0.6 is 11.3 Å². The summed E-state index contributed by atoms with van der Waals surface area (Å²) in [5.41, 5.74) is 2.04. The SMILES string of the molecule is O=C(O)c1ccc(-c2cccc3c2sc2ccccc23)nc1N1CCN(CCO)CC1. The normalized spacial score (nSPS) is 15.1. The van der Waals surface area contributed by atoms with Crippen LogP contribution in [0.5, 0.6) is 0 Å². The van der Waals surface area contributed by atoms with E-state index in [0.29, 0.717) is 25.5 Å². The third kappa shape index (κ3) is 3.65. The zero-order valence-electron chi connectivity index (χ0n) is 17.0. The number of fused-ring (bicyclic) bond motifs is 3. The number of aromatic nitrogens is 1. The Hall–Kier alpha value is -3.00. The molecule has 0 radical (unpaired) electrons. The van der Waals surface area contributed by atoms with Gasteiger partial charge in [-0.15, -0.1) is 11.3 Å². The van der Waals surface area contributed by atoms with Crippen molar-refractivity contribution >= 4 is 43.3 Å². The molecule has 5 rings (SSSR count). The first-order chi connectivity index (χ1) is 15.2. The molecule has 0 atom stereocenters. The molecule has 31 heavy (non-hydrogen) atoms. The van der Waals surface area contributed by atoms with E-state index in [1.54, 1.807) is 17.4 Å². The van der Waals surface area contributed by atoms with E-state index >= 15 is 0 Å². The lowest BCUT2D eigenvalue weighted by molar-refractivity contribution is 0.0697. The van der Waals surface area contributed by atoms with E-state index in [1.807, 2.05) is 23.1 Å². The summed E-state index contributed by atoms with van der Waals surface area (Å²) in [6, 6.07) is 18.1. The number of hydrogen-bond donors (Lipinski definition) is 2. The third-order valence-electron chi connectivity index (χ3n) is 5.87. The number of carboxylic acids is 1. The molecule has 0 saturated carbocycles. The van der Waals surface area contributed by atoms with Crippen LogP contribution in [0.4, 0.5) is 5.82 Å². The number of pyridine rings is 1. The van der Waals surface area contributed by atoms with Crippen LogP contribution in [0.3, 0.4) is 0 Å². The summed E-state index contributed by atoms with van der Waals surface area (Å²) in [7, 11) is 0. The topological polar surface area (TPSA) is 76.9 Å². The van der Waals surface area contributed by atoms with Crippen molar-refractivity contribution in [2.45, 2.75) is 0 Å².